The molecule has 4 nitrogen and oxygen atoms in total. The molecule has 0 bridgehead atoms. The number of nitrogens with zero attached hydrogens (tertiary/aromatic N) is 2. The molecule has 5 heteroatoms. The summed E-state index contributed by atoms with van der Waals surface area (Å²) in [4.78, 5) is 7.78. The van der Waals surface area contributed by atoms with Crippen molar-refractivity contribution >= 4 is 22.2 Å². The number of thiazole rings is 1. The molecule has 0 radical (unpaired) electrons. The average Bonchev–Trinajstić information content (AvgIpc) is 2.80. The van der Waals surface area contributed by atoms with Crippen molar-refractivity contribution in [2.24, 2.45) is 5.73 Å². The number of ether oxygens (including phenoxy) is 1. The molecule has 1 aromatic carbocycles. The highest BCUT2D eigenvalue weighted by atomic mass is 32.1. The van der Waals surface area contributed by atoms with E-state index < -0.39 is 0 Å². The molecule has 0 spiro atoms. The van der Waals surface area contributed by atoms with E-state index in [-0.39, 0.29) is 6.04 Å². The van der Waals surface area contributed by atoms with E-state index in [1.54, 1.807) is 18.4 Å². The highest BCUT2D eigenvalue weighted by Crippen LogP contribution is 2.33. The molecular weight excluding hydrogens is 258 g/mol. The SMILES string of the molecule is COc1ccc(N(C)c2nc(C)c(C(C)N)s2)cc1. The van der Waals surface area contributed by atoms with Crippen molar-refractivity contribution in [1.29, 1.82) is 0 Å². The Balaban J connectivity index is 2.27. The molecule has 19 heavy (non-hydrogen) atoms. The zero-order valence-corrected chi connectivity index (χ0v) is 12.5. The van der Waals surface area contributed by atoms with Crippen LogP contribution in [0.15, 0.2) is 24.3 Å². The molecule has 0 aliphatic heterocycles. The first kappa shape index (κ1) is 13.8. The summed E-state index contributed by atoms with van der Waals surface area (Å²) in [6, 6.07) is 7.94. The van der Waals surface area contributed by atoms with Gasteiger partial charge in [-0.3, -0.25) is 0 Å². The molecule has 0 aliphatic rings. The maximum atomic E-state index is 5.94. The van der Waals surface area contributed by atoms with Gasteiger partial charge in [0.05, 0.1) is 12.8 Å². The molecule has 102 valence electrons. The number of aromatic nitrogens is 1. The molecule has 1 heterocycles. The van der Waals surface area contributed by atoms with Gasteiger partial charge in [0.15, 0.2) is 5.13 Å². The summed E-state index contributed by atoms with van der Waals surface area (Å²) >= 11 is 1.64. The van der Waals surface area contributed by atoms with Crippen LogP contribution in [0.1, 0.15) is 23.5 Å². The average molecular weight is 277 g/mol. The van der Waals surface area contributed by atoms with Crippen LogP contribution in [-0.4, -0.2) is 19.1 Å². The van der Waals surface area contributed by atoms with E-state index in [0.29, 0.717) is 0 Å². The number of rotatable bonds is 4. The molecule has 1 atom stereocenters. The molecule has 0 saturated heterocycles. The lowest BCUT2D eigenvalue weighted by Gasteiger charge is -2.16. The lowest BCUT2D eigenvalue weighted by atomic mass is 10.2. The van der Waals surface area contributed by atoms with Gasteiger partial charge in [0.1, 0.15) is 5.75 Å². The second-order valence-electron chi connectivity index (χ2n) is 4.49. The van der Waals surface area contributed by atoms with Crippen molar-refractivity contribution < 1.29 is 4.74 Å². The third-order valence-corrected chi connectivity index (χ3v) is 4.42. The van der Waals surface area contributed by atoms with Gasteiger partial charge in [0, 0.05) is 23.7 Å². The van der Waals surface area contributed by atoms with Gasteiger partial charge in [-0.25, -0.2) is 4.98 Å². The summed E-state index contributed by atoms with van der Waals surface area (Å²) in [6.07, 6.45) is 0. The fourth-order valence-electron chi connectivity index (χ4n) is 1.88. The van der Waals surface area contributed by atoms with Crippen LogP contribution in [0.2, 0.25) is 0 Å². The number of hydrogen-bond acceptors (Lipinski definition) is 5. The summed E-state index contributed by atoms with van der Waals surface area (Å²) in [5.74, 6) is 0.851. The van der Waals surface area contributed by atoms with Gasteiger partial charge in [-0.15, -0.1) is 0 Å². The number of benzene rings is 1. The molecule has 2 aromatic rings. The zero-order chi connectivity index (χ0) is 14.0. The van der Waals surface area contributed by atoms with Crippen LogP contribution in [0.3, 0.4) is 0 Å². The van der Waals surface area contributed by atoms with Gasteiger partial charge < -0.3 is 15.4 Å². The first-order valence-electron chi connectivity index (χ1n) is 6.13. The summed E-state index contributed by atoms with van der Waals surface area (Å²) < 4.78 is 5.16. The second-order valence-corrected chi connectivity index (χ2v) is 5.50. The Morgan fingerprint density at radius 2 is 1.95 bits per heavy atom. The van der Waals surface area contributed by atoms with Gasteiger partial charge in [0.2, 0.25) is 0 Å². The van der Waals surface area contributed by atoms with Gasteiger partial charge in [-0.05, 0) is 38.1 Å². The molecule has 2 rings (SSSR count). The van der Waals surface area contributed by atoms with Crippen LogP contribution in [0.25, 0.3) is 0 Å². The smallest absolute Gasteiger partial charge is 0.190 e. The van der Waals surface area contributed by atoms with E-state index in [1.165, 1.54) is 0 Å². The van der Waals surface area contributed by atoms with Gasteiger partial charge in [-0.2, -0.15) is 0 Å². The number of nitrogens with two attached hydrogens (primary N) is 1. The van der Waals surface area contributed by atoms with Crippen molar-refractivity contribution in [3.05, 3.63) is 34.8 Å². The predicted molar refractivity (Wildman–Crippen MR) is 80.5 cm³/mol. The Morgan fingerprint density at radius 3 is 2.42 bits per heavy atom. The maximum absolute atomic E-state index is 5.94. The van der Waals surface area contributed by atoms with Gasteiger partial charge in [-0.1, -0.05) is 11.3 Å². The fourth-order valence-corrected chi connectivity index (χ4v) is 2.88. The van der Waals surface area contributed by atoms with E-state index in [9.17, 15) is 0 Å². The molecule has 0 saturated carbocycles. The summed E-state index contributed by atoms with van der Waals surface area (Å²) in [5, 5.41) is 0.954. The van der Waals surface area contributed by atoms with E-state index in [1.807, 2.05) is 45.2 Å². The number of hydrogen-bond donors (Lipinski definition) is 1. The molecule has 2 N–H and O–H groups in total. The van der Waals surface area contributed by atoms with Crippen LogP contribution in [-0.2, 0) is 0 Å². The Kier molecular flexibility index (Phi) is 4.07. The molecule has 1 unspecified atom stereocenters. The first-order chi connectivity index (χ1) is 9.02. The van der Waals surface area contributed by atoms with Crippen molar-refractivity contribution in [3.63, 3.8) is 0 Å². The molecule has 1 aromatic heterocycles. The molecule has 0 amide bonds. The minimum atomic E-state index is 0.0236. The Morgan fingerprint density at radius 1 is 1.32 bits per heavy atom. The minimum Gasteiger partial charge on any atom is -0.497 e. The van der Waals surface area contributed by atoms with Gasteiger partial charge >= 0.3 is 0 Å². The van der Waals surface area contributed by atoms with Crippen LogP contribution in [0.4, 0.5) is 10.8 Å². The van der Waals surface area contributed by atoms with Crippen LogP contribution in [0, 0.1) is 6.92 Å². The Labute approximate surface area is 117 Å². The van der Waals surface area contributed by atoms with Crippen molar-refractivity contribution in [2.75, 3.05) is 19.1 Å². The van der Waals surface area contributed by atoms with Crippen molar-refractivity contribution in [1.82, 2.24) is 4.98 Å². The summed E-state index contributed by atoms with van der Waals surface area (Å²) in [5.41, 5.74) is 8.02. The van der Waals surface area contributed by atoms with E-state index >= 15 is 0 Å². The van der Waals surface area contributed by atoms with Crippen LogP contribution in [0.5, 0.6) is 5.75 Å². The van der Waals surface area contributed by atoms with E-state index in [4.69, 9.17) is 10.5 Å². The number of anilines is 2. The van der Waals surface area contributed by atoms with E-state index in [0.717, 1.165) is 27.1 Å². The van der Waals surface area contributed by atoms with Crippen LogP contribution >= 0.6 is 11.3 Å². The normalized spacial score (nSPS) is 12.3. The number of methoxy groups -OCH3 is 1. The zero-order valence-electron chi connectivity index (χ0n) is 11.7. The molecule has 0 fully saturated rings. The largest absolute Gasteiger partial charge is 0.497 e. The Hall–Kier alpha value is -1.59. The lowest BCUT2D eigenvalue weighted by molar-refractivity contribution is 0.415. The monoisotopic (exact) mass is 277 g/mol. The quantitative estimate of drug-likeness (QED) is 0.932. The number of aryl methyl sites for hydroxylation is 1. The third-order valence-electron chi connectivity index (χ3n) is 2.98. The topological polar surface area (TPSA) is 51.4 Å². The summed E-state index contributed by atoms with van der Waals surface area (Å²) in [7, 11) is 3.67. The van der Waals surface area contributed by atoms with Crippen molar-refractivity contribution in [3.8, 4) is 5.75 Å². The highest BCUT2D eigenvalue weighted by Gasteiger charge is 2.14. The third kappa shape index (κ3) is 2.88. The predicted octanol–water partition coefficient (Wildman–Crippen LogP) is 3.25. The minimum absolute atomic E-state index is 0.0236. The van der Waals surface area contributed by atoms with Crippen molar-refractivity contribution in [2.45, 2.75) is 19.9 Å². The molecular formula is C14H19N3OS. The first-order valence-corrected chi connectivity index (χ1v) is 6.95. The highest BCUT2D eigenvalue weighted by molar-refractivity contribution is 7.15. The van der Waals surface area contributed by atoms with Gasteiger partial charge in [0.25, 0.3) is 0 Å². The second kappa shape index (κ2) is 5.59. The molecule has 0 aliphatic carbocycles. The lowest BCUT2D eigenvalue weighted by Crippen LogP contribution is -2.08. The summed E-state index contributed by atoms with van der Waals surface area (Å²) in [6.45, 7) is 3.98. The fraction of sp³-hybridized carbons (Fsp3) is 0.357. The van der Waals surface area contributed by atoms with E-state index in [2.05, 4.69) is 9.88 Å². The maximum Gasteiger partial charge on any atom is 0.190 e. The standard InChI is InChI=1S/C14H19N3OS/c1-9(15)13-10(2)16-14(19-13)17(3)11-5-7-12(18-4)8-6-11/h5-9H,15H2,1-4H3. The Bertz CT molecular complexity index is 548. The van der Waals surface area contributed by atoms with Crippen LogP contribution < -0.4 is 15.4 Å².